The van der Waals surface area contributed by atoms with Crippen molar-refractivity contribution in [3.8, 4) is 0 Å². The third-order valence-corrected chi connectivity index (χ3v) is 2.51. The van der Waals surface area contributed by atoms with Crippen LogP contribution >= 0.6 is 11.8 Å². The Morgan fingerprint density at radius 1 is 1.35 bits per heavy atom. The average molecular weight is 257 g/mol. The molecule has 0 atom stereocenters. The number of thioether (sulfide) groups is 1. The molecule has 94 valence electrons. The van der Waals surface area contributed by atoms with Gasteiger partial charge < -0.3 is 4.84 Å². The largest absolute Gasteiger partial charge is 0.343 e. The number of hydroxylamine groups is 2. The van der Waals surface area contributed by atoms with Crippen LogP contribution in [0, 0.1) is 0 Å². The van der Waals surface area contributed by atoms with Gasteiger partial charge >= 0.3 is 5.97 Å². The third-order valence-electron chi connectivity index (χ3n) is 1.64. The van der Waals surface area contributed by atoms with Crippen LogP contribution in [0.4, 0.5) is 0 Å². The van der Waals surface area contributed by atoms with Crippen LogP contribution < -0.4 is 0 Å². The molecule has 0 aromatic carbocycles. The third kappa shape index (κ3) is 5.35. The lowest BCUT2D eigenvalue weighted by Gasteiger charge is -2.11. The van der Waals surface area contributed by atoms with Crippen molar-refractivity contribution in [1.29, 1.82) is 0 Å². The van der Waals surface area contributed by atoms with Crippen LogP contribution in [0.15, 0.2) is 24.6 Å². The maximum atomic E-state index is 11.2. The standard InChI is InChI=1S/C9H11NO4S.C2H4/c1-6(2)15-5-9(13)14-10-7(11)3-4-8(10)12;1-2/h1,3-5H2,2H3;1-2H2. The molecule has 0 saturated carbocycles. The number of hydrogen-bond acceptors (Lipinski definition) is 5. The number of allylic oxidation sites excluding steroid dienone is 1. The zero-order valence-corrected chi connectivity index (χ0v) is 10.5. The van der Waals surface area contributed by atoms with Crippen molar-refractivity contribution in [3.05, 3.63) is 24.6 Å². The van der Waals surface area contributed by atoms with E-state index < -0.39 is 17.8 Å². The molecule has 0 aliphatic carbocycles. The van der Waals surface area contributed by atoms with Crippen molar-refractivity contribution in [1.82, 2.24) is 5.06 Å². The van der Waals surface area contributed by atoms with Crippen molar-refractivity contribution in [2.24, 2.45) is 0 Å². The van der Waals surface area contributed by atoms with Gasteiger partial charge in [-0.25, -0.2) is 4.79 Å². The number of amides is 2. The Kier molecular flexibility index (Phi) is 6.97. The van der Waals surface area contributed by atoms with Crippen LogP contribution in [0.1, 0.15) is 19.8 Å². The van der Waals surface area contributed by atoms with E-state index in [1.807, 2.05) is 0 Å². The summed E-state index contributed by atoms with van der Waals surface area (Å²) in [5, 5.41) is 0.543. The Morgan fingerprint density at radius 3 is 2.24 bits per heavy atom. The summed E-state index contributed by atoms with van der Waals surface area (Å²) in [4.78, 5) is 38.7. The summed E-state index contributed by atoms with van der Waals surface area (Å²) in [6.07, 6.45) is 0.222. The summed E-state index contributed by atoms with van der Waals surface area (Å²) < 4.78 is 0. The smallest absolute Gasteiger partial charge is 0.329 e. The van der Waals surface area contributed by atoms with E-state index in [0.29, 0.717) is 5.06 Å². The summed E-state index contributed by atoms with van der Waals surface area (Å²) in [6.45, 7) is 11.4. The average Bonchev–Trinajstić information content (AvgIpc) is 2.61. The molecule has 0 spiro atoms. The van der Waals surface area contributed by atoms with Gasteiger partial charge in [0.25, 0.3) is 11.8 Å². The van der Waals surface area contributed by atoms with Crippen molar-refractivity contribution >= 4 is 29.5 Å². The Bertz CT molecular complexity index is 324. The lowest BCUT2D eigenvalue weighted by atomic mass is 10.4. The van der Waals surface area contributed by atoms with Gasteiger partial charge in [0.15, 0.2) is 0 Å². The molecule has 5 nitrogen and oxygen atoms in total. The fourth-order valence-corrected chi connectivity index (χ4v) is 1.39. The molecule has 1 rings (SSSR count). The topological polar surface area (TPSA) is 63.7 Å². The lowest BCUT2D eigenvalue weighted by Crippen LogP contribution is -2.32. The molecule has 0 bridgehead atoms. The van der Waals surface area contributed by atoms with Crippen molar-refractivity contribution in [2.45, 2.75) is 19.8 Å². The van der Waals surface area contributed by atoms with E-state index in [0.717, 1.165) is 4.91 Å². The van der Waals surface area contributed by atoms with E-state index in [-0.39, 0.29) is 18.6 Å². The summed E-state index contributed by atoms with van der Waals surface area (Å²) >= 11 is 1.21. The fraction of sp³-hybridized carbons (Fsp3) is 0.364. The zero-order chi connectivity index (χ0) is 13.4. The van der Waals surface area contributed by atoms with Gasteiger partial charge in [0.1, 0.15) is 0 Å². The highest BCUT2D eigenvalue weighted by molar-refractivity contribution is 8.03. The highest BCUT2D eigenvalue weighted by Crippen LogP contribution is 2.15. The molecule has 1 aliphatic heterocycles. The Morgan fingerprint density at radius 2 is 1.82 bits per heavy atom. The van der Waals surface area contributed by atoms with Gasteiger partial charge in [-0.15, -0.1) is 30.0 Å². The summed E-state index contributed by atoms with van der Waals surface area (Å²) in [5.74, 6) is -1.50. The molecule has 0 aromatic rings. The molecular formula is C11H15NO4S. The number of hydrogen-bond donors (Lipinski definition) is 0. The van der Waals surface area contributed by atoms with Gasteiger partial charge in [-0.05, 0) is 11.8 Å². The quantitative estimate of drug-likeness (QED) is 0.566. The van der Waals surface area contributed by atoms with Gasteiger partial charge in [0.05, 0.1) is 5.75 Å². The van der Waals surface area contributed by atoms with Crippen LogP contribution in [0.5, 0.6) is 0 Å². The highest BCUT2D eigenvalue weighted by Gasteiger charge is 2.32. The monoisotopic (exact) mass is 257 g/mol. The fourth-order valence-electron chi connectivity index (χ4n) is 0.968. The maximum Gasteiger partial charge on any atom is 0.343 e. The summed E-state index contributed by atoms with van der Waals surface area (Å²) in [5.41, 5.74) is 0. The molecule has 1 saturated heterocycles. The number of carbonyl (C=O) groups excluding carboxylic acids is 3. The van der Waals surface area contributed by atoms with Crippen LogP contribution in [-0.2, 0) is 19.2 Å². The normalized spacial score (nSPS) is 14.1. The van der Waals surface area contributed by atoms with Gasteiger partial charge in [-0.3, -0.25) is 9.59 Å². The molecule has 1 aliphatic rings. The van der Waals surface area contributed by atoms with Gasteiger partial charge in [0, 0.05) is 12.8 Å². The van der Waals surface area contributed by atoms with E-state index in [9.17, 15) is 14.4 Å². The number of carbonyl (C=O) groups is 3. The summed E-state index contributed by atoms with van der Waals surface area (Å²) in [7, 11) is 0. The van der Waals surface area contributed by atoms with E-state index >= 15 is 0 Å². The summed E-state index contributed by atoms with van der Waals surface area (Å²) in [6, 6.07) is 0. The second kappa shape index (κ2) is 7.67. The van der Waals surface area contributed by atoms with Crippen molar-refractivity contribution in [3.63, 3.8) is 0 Å². The molecule has 17 heavy (non-hydrogen) atoms. The van der Waals surface area contributed by atoms with Crippen LogP contribution in [-0.4, -0.2) is 28.6 Å². The van der Waals surface area contributed by atoms with E-state index in [1.54, 1.807) is 6.92 Å². The van der Waals surface area contributed by atoms with E-state index in [2.05, 4.69) is 24.6 Å². The minimum atomic E-state index is -0.619. The van der Waals surface area contributed by atoms with Gasteiger partial charge in [-0.2, -0.15) is 0 Å². The maximum absolute atomic E-state index is 11.2. The molecule has 2 amide bonds. The van der Waals surface area contributed by atoms with Crippen molar-refractivity contribution in [2.75, 3.05) is 5.75 Å². The molecular weight excluding hydrogens is 242 g/mol. The van der Waals surface area contributed by atoms with E-state index in [1.165, 1.54) is 11.8 Å². The minimum Gasteiger partial charge on any atom is -0.329 e. The molecule has 0 unspecified atom stereocenters. The van der Waals surface area contributed by atoms with Crippen LogP contribution in [0.25, 0.3) is 0 Å². The molecule has 0 N–H and O–H groups in total. The molecule has 1 heterocycles. The first-order chi connectivity index (χ1) is 8.00. The predicted octanol–water partition coefficient (Wildman–Crippen LogP) is 1.66. The SMILES string of the molecule is C=C.C=C(C)SCC(=O)ON1C(=O)CCC1=O. The van der Waals surface area contributed by atoms with Gasteiger partial charge in [-0.1, -0.05) is 6.58 Å². The highest BCUT2D eigenvalue weighted by atomic mass is 32.2. The Balaban J connectivity index is 0.00000121. The number of rotatable bonds is 4. The number of nitrogens with zero attached hydrogens (tertiary/aromatic N) is 1. The van der Waals surface area contributed by atoms with Crippen molar-refractivity contribution < 1.29 is 19.2 Å². The Hall–Kier alpha value is -1.56. The molecule has 0 radical (unpaired) electrons. The molecule has 1 fully saturated rings. The first-order valence-corrected chi connectivity index (χ1v) is 5.84. The second-order valence-electron chi connectivity index (χ2n) is 3.04. The van der Waals surface area contributed by atoms with Crippen LogP contribution in [0.2, 0.25) is 0 Å². The lowest BCUT2D eigenvalue weighted by molar-refractivity contribution is -0.195. The van der Waals surface area contributed by atoms with E-state index in [4.69, 9.17) is 0 Å². The van der Waals surface area contributed by atoms with Crippen LogP contribution in [0.3, 0.4) is 0 Å². The Labute approximate surface area is 104 Å². The first kappa shape index (κ1) is 15.4. The zero-order valence-electron chi connectivity index (χ0n) is 9.73. The first-order valence-electron chi connectivity index (χ1n) is 4.85. The minimum absolute atomic E-state index is 0.0480. The number of imide groups is 1. The van der Waals surface area contributed by atoms with Gasteiger partial charge in [0.2, 0.25) is 0 Å². The molecule has 0 aromatic heterocycles. The predicted molar refractivity (Wildman–Crippen MR) is 65.7 cm³/mol. The molecule has 6 heteroatoms. The second-order valence-corrected chi connectivity index (χ2v) is 4.31.